The molecule has 1 aromatic rings. The second-order valence-electron chi connectivity index (χ2n) is 7.09. The third kappa shape index (κ3) is 6.00. The van der Waals surface area contributed by atoms with Crippen LogP contribution in [-0.4, -0.2) is 68.4 Å². The number of methoxy groups -OCH3 is 1. The minimum Gasteiger partial charge on any atom is -0.463 e. The first kappa shape index (κ1) is 20.7. The van der Waals surface area contributed by atoms with Gasteiger partial charge >= 0.3 is 0 Å². The highest BCUT2D eigenvalue weighted by molar-refractivity contribution is 5.79. The van der Waals surface area contributed by atoms with Gasteiger partial charge < -0.3 is 24.9 Å². The van der Waals surface area contributed by atoms with Crippen LogP contribution in [0.3, 0.4) is 0 Å². The van der Waals surface area contributed by atoms with E-state index in [1.165, 1.54) is 12.8 Å². The number of nitrogens with zero attached hydrogens (tertiary/aromatic N) is 2. The van der Waals surface area contributed by atoms with Gasteiger partial charge in [-0.15, -0.1) is 0 Å². The predicted molar refractivity (Wildman–Crippen MR) is 103 cm³/mol. The smallest absolute Gasteiger partial charge is 0.191 e. The van der Waals surface area contributed by atoms with Crippen molar-refractivity contribution in [2.24, 2.45) is 4.99 Å². The highest BCUT2D eigenvalue weighted by Gasteiger charge is 2.27. The lowest BCUT2D eigenvalue weighted by molar-refractivity contribution is 0.0428. The fourth-order valence-electron chi connectivity index (χ4n) is 3.22. The molecule has 0 radical (unpaired) electrons. The number of ether oxygens (including phenoxy) is 1. The number of aliphatic hydroxyl groups is 1. The van der Waals surface area contributed by atoms with Gasteiger partial charge in [-0.1, -0.05) is 0 Å². The van der Waals surface area contributed by atoms with Crippen LogP contribution in [0, 0.1) is 6.92 Å². The molecule has 0 aromatic carbocycles. The molecular formula is C19H34N4O3. The van der Waals surface area contributed by atoms with Gasteiger partial charge in [0.25, 0.3) is 0 Å². The van der Waals surface area contributed by atoms with Gasteiger partial charge in [-0.05, 0) is 52.3 Å². The maximum atomic E-state index is 10.7. The summed E-state index contributed by atoms with van der Waals surface area (Å²) in [6.07, 6.45) is 2.40. The third-order valence-electron chi connectivity index (χ3n) is 4.75. The zero-order valence-corrected chi connectivity index (χ0v) is 16.5. The summed E-state index contributed by atoms with van der Waals surface area (Å²) in [5.41, 5.74) is -1.13. The van der Waals surface area contributed by atoms with Gasteiger partial charge in [0.2, 0.25) is 0 Å². The Bertz CT molecular complexity index is 571. The Morgan fingerprint density at radius 2 is 2.27 bits per heavy atom. The third-order valence-corrected chi connectivity index (χ3v) is 4.75. The van der Waals surface area contributed by atoms with Crippen LogP contribution in [0.2, 0.25) is 0 Å². The number of hydrogen-bond acceptors (Lipinski definition) is 5. The molecule has 148 valence electrons. The highest BCUT2D eigenvalue weighted by atomic mass is 16.5. The molecule has 3 N–H and O–H groups in total. The number of hydrogen-bond donors (Lipinski definition) is 3. The quantitative estimate of drug-likeness (QED) is 0.453. The molecule has 0 amide bonds. The van der Waals surface area contributed by atoms with E-state index < -0.39 is 5.60 Å². The molecule has 7 nitrogen and oxygen atoms in total. The fourth-order valence-corrected chi connectivity index (χ4v) is 3.22. The van der Waals surface area contributed by atoms with E-state index in [2.05, 4.69) is 20.5 Å². The molecule has 1 aromatic heterocycles. The van der Waals surface area contributed by atoms with Crippen LogP contribution in [0.15, 0.2) is 21.5 Å². The second-order valence-corrected chi connectivity index (χ2v) is 7.09. The molecule has 0 aliphatic carbocycles. The van der Waals surface area contributed by atoms with Crippen molar-refractivity contribution in [3.8, 4) is 0 Å². The van der Waals surface area contributed by atoms with Crippen LogP contribution < -0.4 is 10.6 Å². The summed E-state index contributed by atoms with van der Waals surface area (Å²) in [6, 6.07) is 4.14. The summed E-state index contributed by atoms with van der Waals surface area (Å²) in [5, 5.41) is 17.3. The number of rotatable bonds is 9. The highest BCUT2D eigenvalue weighted by Crippen LogP contribution is 2.23. The van der Waals surface area contributed by atoms with E-state index in [4.69, 9.17) is 9.15 Å². The topological polar surface area (TPSA) is 82.3 Å². The molecular weight excluding hydrogens is 332 g/mol. The van der Waals surface area contributed by atoms with E-state index in [0.717, 1.165) is 44.5 Å². The van der Waals surface area contributed by atoms with Gasteiger partial charge in [-0.3, -0.25) is 4.90 Å². The molecule has 0 saturated carbocycles. The monoisotopic (exact) mass is 366 g/mol. The van der Waals surface area contributed by atoms with E-state index >= 15 is 0 Å². The minimum atomic E-state index is -1.13. The molecule has 2 atom stereocenters. The van der Waals surface area contributed by atoms with Crippen molar-refractivity contribution in [1.82, 2.24) is 15.5 Å². The van der Waals surface area contributed by atoms with Crippen LogP contribution in [0.25, 0.3) is 0 Å². The Morgan fingerprint density at radius 3 is 2.92 bits per heavy atom. The molecule has 1 aliphatic rings. The molecule has 2 rings (SSSR count). The Kier molecular flexibility index (Phi) is 7.93. The van der Waals surface area contributed by atoms with E-state index in [9.17, 15) is 5.11 Å². The number of aryl methyl sites for hydroxylation is 1. The summed E-state index contributed by atoms with van der Waals surface area (Å²) in [6.45, 7) is 10.3. The molecule has 1 saturated heterocycles. The standard InChI is InChI=1S/C19H34N4O3/c1-5-20-18(21-13-16-7-6-10-23(16)11-12-25-4)22-14-19(3,24)17-9-8-15(2)26-17/h8-9,16,24H,5-7,10-14H2,1-4H3,(H2,20,21,22). The lowest BCUT2D eigenvalue weighted by atomic mass is 10.0. The number of nitrogens with one attached hydrogen (secondary N) is 2. The van der Waals surface area contributed by atoms with Gasteiger partial charge in [0.05, 0.1) is 13.2 Å². The molecule has 1 aliphatic heterocycles. The van der Waals surface area contributed by atoms with Crippen LogP contribution in [0.4, 0.5) is 0 Å². The van der Waals surface area contributed by atoms with E-state index in [-0.39, 0.29) is 6.54 Å². The second kappa shape index (κ2) is 9.94. The first-order valence-corrected chi connectivity index (χ1v) is 9.50. The number of likely N-dealkylation sites (tertiary alicyclic amines) is 1. The maximum absolute atomic E-state index is 10.7. The predicted octanol–water partition coefficient (Wildman–Crippen LogP) is 1.46. The normalized spacial score (nSPS) is 21.0. The van der Waals surface area contributed by atoms with Crippen molar-refractivity contribution in [2.75, 3.05) is 46.4 Å². The largest absolute Gasteiger partial charge is 0.463 e. The van der Waals surface area contributed by atoms with Crippen molar-refractivity contribution in [1.29, 1.82) is 0 Å². The van der Waals surface area contributed by atoms with Crippen LogP contribution in [0.1, 0.15) is 38.2 Å². The van der Waals surface area contributed by atoms with Crippen molar-refractivity contribution < 1.29 is 14.3 Å². The number of aliphatic imine (C=N–C) groups is 1. The molecule has 0 spiro atoms. The van der Waals surface area contributed by atoms with Gasteiger partial charge in [0.1, 0.15) is 17.1 Å². The first-order chi connectivity index (χ1) is 12.5. The Labute approximate surface area is 156 Å². The minimum absolute atomic E-state index is 0.230. The van der Waals surface area contributed by atoms with Crippen LogP contribution in [-0.2, 0) is 10.3 Å². The molecule has 2 heterocycles. The Balaban J connectivity index is 1.91. The van der Waals surface area contributed by atoms with E-state index in [1.807, 2.05) is 19.9 Å². The maximum Gasteiger partial charge on any atom is 0.191 e. The fraction of sp³-hybridized carbons (Fsp3) is 0.737. The van der Waals surface area contributed by atoms with Gasteiger partial charge in [0, 0.05) is 32.8 Å². The van der Waals surface area contributed by atoms with Crippen molar-refractivity contribution in [2.45, 2.75) is 45.3 Å². The SMILES string of the molecule is CCNC(=NCC(C)(O)c1ccc(C)o1)NCC1CCCN1CCOC. The lowest BCUT2D eigenvalue weighted by Crippen LogP contribution is -2.46. The average molecular weight is 367 g/mol. The van der Waals surface area contributed by atoms with Gasteiger partial charge in [-0.25, -0.2) is 4.99 Å². The molecule has 2 unspecified atom stereocenters. The Morgan fingerprint density at radius 1 is 1.46 bits per heavy atom. The zero-order chi connectivity index (χ0) is 19.0. The van der Waals surface area contributed by atoms with Crippen LogP contribution >= 0.6 is 0 Å². The summed E-state index contributed by atoms with van der Waals surface area (Å²) < 4.78 is 10.8. The molecule has 26 heavy (non-hydrogen) atoms. The van der Waals surface area contributed by atoms with Crippen molar-refractivity contribution in [3.63, 3.8) is 0 Å². The molecule has 7 heteroatoms. The summed E-state index contributed by atoms with van der Waals surface area (Å²) in [5.74, 6) is 2.04. The van der Waals surface area contributed by atoms with Crippen molar-refractivity contribution >= 4 is 5.96 Å². The Hall–Kier alpha value is -1.57. The van der Waals surface area contributed by atoms with E-state index in [0.29, 0.717) is 11.8 Å². The first-order valence-electron chi connectivity index (χ1n) is 9.50. The summed E-state index contributed by atoms with van der Waals surface area (Å²) >= 11 is 0. The van der Waals surface area contributed by atoms with Crippen molar-refractivity contribution in [3.05, 3.63) is 23.7 Å². The number of furan rings is 1. The molecule has 0 bridgehead atoms. The average Bonchev–Trinajstić information content (AvgIpc) is 3.24. The molecule has 1 fully saturated rings. The number of guanidine groups is 1. The summed E-state index contributed by atoms with van der Waals surface area (Å²) in [7, 11) is 1.74. The van der Waals surface area contributed by atoms with Gasteiger partial charge in [0.15, 0.2) is 5.96 Å². The lowest BCUT2D eigenvalue weighted by Gasteiger charge is -2.25. The summed E-state index contributed by atoms with van der Waals surface area (Å²) in [4.78, 5) is 7.02. The van der Waals surface area contributed by atoms with Gasteiger partial charge in [-0.2, -0.15) is 0 Å². The van der Waals surface area contributed by atoms with E-state index in [1.54, 1.807) is 20.1 Å². The zero-order valence-electron chi connectivity index (χ0n) is 16.5. The van der Waals surface area contributed by atoms with Crippen LogP contribution in [0.5, 0.6) is 0 Å².